The van der Waals surface area contributed by atoms with Gasteiger partial charge in [0.2, 0.25) is 11.8 Å². The summed E-state index contributed by atoms with van der Waals surface area (Å²) in [5.41, 5.74) is 0.481. The van der Waals surface area contributed by atoms with Gasteiger partial charge in [0.15, 0.2) is 0 Å². The molecule has 1 aromatic rings. The van der Waals surface area contributed by atoms with Crippen LogP contribution in [0.4, 0.5) is 5.69 Å². The van der Waals surface area contributed by atoms with Crippen LogP contribution in [0.2, 0.25) is 0 Å². The molecule has 21 heavy (non-hydrogen) atoms. The average Bonchev–Trinajstić information content (AvgIpc) is 2.79. The third-order valence-electron chi connectivity index (χ3n) is 3.36. The molecule has 0 spiro atoms. The van der Waals surface area contributed by atoms with E-state index in [0.29, 0.717) is 12.3 Å². The lowest BCUT2D eigenvalue weighted by molar-refractivity contribution is -0.127. The molecule has 0 aliphatic carbocycles. The Hall–Kier alpha value is -2.04. The van der Waals surface area contributed by atoms with E-state index in [1.165, 1.54) is 0 Å². The van der Waals surface area contributed by atoms with E-state index in [1.807, 2.05) is 45.0 Å². The Kier molecular flexibility index (Phi) is 4.21. The van der Waals surface area contributed by atoms with Crippen LogP contribution in [-0.2, 0) is 9.59 Å². The monoisotopic (exact) mass is 290 g/mol. The molecular weight excluding hydrogens is 268 g/mol. The van der Waals surface area contributed by atoms with Gasteiger partial charge in [0.05, 0.1) is 13.0 Å². The quantitative estimate of drug-likeness (QED) is 0.926. The summed E-state index contributed by atoms with van der Waals surface area (Å²) in [6.45, 7) is 6.21. The lowest BCUT2D eigenvalue weighted by atomic mass is 10.0. The Balaban J connectivity index is 2.10. The van der Waals surface area contributed by atoms with Gasteiger partial charge in [-0.3, -0.25) is 9.59 Å². The third-order valence-corrected chi connectivity index (χ3v) is 3.36. The van der Waals surface area contributed by atoms with Crippen LogP contribution in [0.5, 0.6) is 5.75 Å². The van der Waals surface area contributed by atoms with Crippen molar-refractivity contribution in [3.8, 4) is 5.75 Å². The van der Waals surface area contributed by atoms with Gasteiger partial charge in [-0.05, 0) is 32.9 Å². The SMILES string of the molecule is COc1cccc(N2C[C@H](C(=O)NC(C)(C)C)CC2=O)c1. The number of carbonyl (C=O) groups is 2. The minimum Gasteiger partial charge on any atom is -0.497 e. The summed E-state index contributed by atoms with van der Waals surface area (Å²) in [5.74, 6) is 0.296. The fourth-order valence-corrected chi connectivity index (χ4v) is 2.38. The molecule has 1 saturated heterocycles. The molecule has 0 saturated carbocycles. The Labute approximate surface area is 125 Å². The van der Waals surface area contributed by atoms with Crippen molar-refractivity contribution in [2.24, 2.45) is 5.92 Å². The van der Waals surface area contributed by atoms with Crippen LogP contribution in [0.3, 0.4) is 0 Å². The van der Waals surface area contributed by atoms with Gasteiger partial charge in [-0.1, -0.05) is 6.07 Å². The molecule has 0 unspecified atom stereocenters. The second kappa shape index (κ2) is 5.76. The molecule has 1 heterocycles. The van der Waals surface area contributed by atoms with Crippen molar-refractivity contribution in [3.05, 3.63) is 24.3 Å². The molecule has 1 aliphatic heterocycles. The number of amides is 2. The largest absolute Gasteiger partial charge is 0.497 e. The Morgan fingerprint density at radius 2 is 2.10 bits per heavy atom. The summed E-state index contributed by atoms with van der Waals surface area (Å²) >= 11 is 0. The number of benzene rings is 1. The molecular formula is C16H22N2O3. The van der Waals surface area contributed by atoms with Gasteiger partial charge in [0.25, 0.3) is 0 Å². The van der Waals surface area contributed by atoms with Crippen LogP contribution in [0.25, 0.3) is 0 Å². The summed E-state index contributed by atoms with van der Waals surface area (Å²) in [4.78, 5) is 26.0. The predicted octanol–water partition coefficient (Wildman–Crippen LogP) is 1.96. The highest BCUT2D eigenvalue weighted by Gasteiger charge is 2.36. The maximum absolute atomic E-state index is 12.2. The number of carbonyl (C=O) groups excluding carboxylic acids is 2. The summed E-state index contributed by atoms with van der Waals surface area (Å²) in [7, 11) is 1.59. The number of rotatable bonds is 3. The number of hydrogen-bond donors (Lipinski definition) is 1. The topological polar surface area (TPSA) is 58.6 Å². The Morgan fingerprint density at radius 3 is 2.71 bits per heavy atom. The van der Waals surface area contributed by atoms with Crippen LogP contribution >= 0.6 is 0 Å². The van der Waals surface area contributed by atoms with Gasteiger partial charge in [-0.2, -0.15) is 0 Å². The molecule has 1 N–H and O–H groups in total. The van der Waals surface area contributed by atoms with Crippen LogP contribution in [0.15, 0.2) is 24.3 Å². The Morgan fingerprint density at radius 1 is 1.38 bits per heavy atom. The number of nitrogens with one attached hydrogen (secondary N) is 1. The first-order valence-electron chi connectivity index (χ1n) is 7.06. The first-order valence-corrected chi connectivity index (χ1v) is 7.06. The normalized spacial score (nSPS) is 18.8. The zero-order valence-corrected chi connectivity index (χ0v) is 13.0. The lowest BCUT2D eigenvalue weighted by Gasteiger charge is -2.23. The molecule has 2 amide bonds. The zero-order chi connectivity index (χ0) is 15.6. The zero-order valence-electron chi connectivity index (χ0n) is 13.0. The maximum Gasteiger partial charge on any atom is 0.227 e. The lowest BCUT2D eigenvalue weighted by Crippen LogP contribution is -2.44. The summed E-state index contributed by atoms with van der Waals surface area (Å²) < 4.78 is 5.17. The molecule has 0 aromatic heterocycles. The van der Waals surface area contributed by atoms with Gasteiger partial charge in [-0.25, -0.2) is 0 Å². The average molecular weight is 290 g/mol. The van der Waals surface area contributed by atoms with E-state index in [4.69, 9.17) is 4.74 Å². The smallest absolute Gasteiger partial charge is 0.227 e. The second-order valence-corrected chi connectivity index (χ2v) is 6.35. The molecule has 2 rings (SSSR count). The van der Waals surface area contributed by atoms with Crippen molar-refractivity contribution >= 4 is 17.5 Å². The van der Waals surface area contributed by atoms with Crippen LogP contribution in [0.1, 0.15) is 27.2 Å². The standard InChI is InChI=1S/C16H22N2O3/c1-16(2,3)17-15(20)11-8-14(19)18(10-11)12-6-5-7-13(9-12)21-4/h5-7,9,11H,8,10H2,1-4H3,(H,17,20)/t11-/m1/s1. The highest BCUT2D eigenvalue weighted by molar-refractivity contribution is 6.00. The molecule has 1 aliphatic rings. The molecule has 1 atom stereocenters. The van der Waals surface area contributed by atoms with E-state index < -0.39 is 0 Å². The fraction of sp³-hybridized carbons (Fsp3) is 0.500. The van der Waals surface area contributed by atoms with Gasteiger partial charge in [0.1, 0.15) is 5.75 Å². The van der Waals surface area contributed by atoms with E-state index in [0.717, 1.165) is 5.69 Å². The minimum atomic E-state index is -0.303. The molecule has 5 nitrogen and oxygen atoms in total. The maximum atomic E-state index is 12.2. The molecule has 0 radical (unpaired) electrons. The van der Waals surface area contributed by atoms with E-state index in [1.54, 1.807) is 12.0 Å². The molecule has 5 heteroatoms. The van der Waals surface area contributed by atoms with Crippen molar-refractivity contribution in [2.45, 2.75) is 32.7 Å². The number of ether oxygens (including phenoxy) is 1. The van der Waals surface area contributed by atoms with Gasteiger partial charge < -0.3 is 15.0 Å². The fourth-order valence-electron chi connectivity index (χ4n) is 2.38. The van der Waals surface area contributed by atoms with Crippen LogP contribution in [-0.4, -0.2) is 31.0 Å². The van der Waals surface area contributed by atoms with Crippen molar-refractivity contribution in [2.75, 3.05) is 18.6 Å². The third kappa shape index (κ3) is 3.74. The first-order chi connectivity index (χ1) is 9.80. The molecule has 1 aromatic carbocycles. The molecule has 114 valence electrons. The van der Waals surface area contributed by atoms with E-state index in [2.05, 4.69) is 5.32 Å². The Bertz CT molecular complexity index is 549. The van der Waals surface area contributed by atoms with Crippen LogP contribution in [0, 0.1) is 5.92 Å². The van der Waals surface area contributed by atoms with Crippen molar-refractivity contribution < 1.29 is 14.3 Å². The van der Waals surface area contributed by atoms with Crippen molar-refractivity contribution in [1.82, 2.24) is 5.32 Å². The van der Waals surface area contributed by atoms with Gasteiger partial charge in [-0.15, -0.1) is 0 Å². The highest BCUT2D eigenvalue weighted by Crippen LogP contribution is 2.28. The number of anilines is 1. The van der Waals surface area contributed by atoms with Crippen molar-refractivity contribution in [1.29, 1.82) is 0 Å². The van der Waals surface area contributed by atoms with E-state index >= 15 is 0 Å². The molecule has 0 bridgehead atoms. The predicted molar refractivity (Wildman–Crippen MR) is 81.3 cm³/mol. The van der Waals surface area contributed by atoms with Crippen LogP contribution < -0.4 is 15.0 Å². The van der Waals surface area contributed by atoms with E-state index in [9.17, 15) is 9.59 Å². The van der Waals surface area contributed by atoms with E-state index in [-0.39, 0.29) is 29.7 Å². The number of methoxy groups -OCH3 is 1. The number of hydrogen-bond acceptors (Lipinski definition) is 3. The summed E-state index contributed by atoms with van der Waals surface area (Å²) in [6.07, 6.45) is 0.249. The summed E-state index contributed by atoms with van der Waals surface area (Å²) in [5, 5.41) is 2.93. The molecule has 1 fully saturated rings. The number of nitrogens with zero attached hydrogens (tertiary/aromatic N) is 1. The van der Waals surface area contributed by atoms with Gasteiger partial charge in [0, 0.05) is 30.3 Å². The van der Waals surface area contributed by atoms with Crippen molar-refractivity contribution in [3.63, 3.8) is 0 Å². The highest BCUT2D eigenvalue weighted by atomic mass is 16.5. The first kappa shape index (κ1) is 15.4. The summed E-state index contributed by atoms with van der Waals surface area (Å²) in [6, 6.07) is 7.32. The second-order valence-electron chi connectivity index (χ2n) is 6.35. The van der Waals surface area contributed by atoms with Gasteiger partial charge >= 0.3 is 0 Å². The minimum absolute atomic E-state index is 0.0303.